The van der Waals surface area contributed by atoms with Crippen molar-refractivity contribution < 1.29 is 23.9 Å². The van der Waals surface area contributed by atoms with Gasteiger partial charge in [0, 0.05) is 23.2 Å². The molecule has 0 unspecified atom stereocenters. The van der Waals surface area contributed by atoms with Crippen molar-refractivity contribution in [2.24, 2.45) is 11.7 Å². The predicted octanol–water partition coefficient (Wildman–Crippen LogP) is 2.81. The normalized spacial score (nSPS) is 10.4. The Labute approximate surface area is 162 Å². The number of esters is 1. The number of ether oxygens (including phenoxy) is 1. The van der Waals surface area contributed by atoms with E-state index in [4.69, 9.17) is 10.5 Å². The second-order valence-corrected chi connectivity index (χ2v) is 6.66. The van der Waals surface area contributed by atoms with E-state index in [1.807, 2.05) is 13.8 Å². The maximum absolute atomic E-state index is 12.2. The van der Waals surface area contributed by atoms with Gasteiger partial charge < -0.3 is 15.8 Å². The van der Waals surface area contributed by atoms with E-state index < -0.39 is 18.5 Å². The summed E-state index contributed by atoms with van der Waals surface area (Å²) >= 11 is 0. The molecule has 2 aromatic carbocycles. The van der Waals surface area contributed by atoms with Crippen LogP contribution >= 0.6 is 0 Å². The van der Waals surface area contributed by atoms with Gasteiger partial charge in [-0.25, -0.2) is 4.79 Å². The number of hydrogen-bond acceptors (Lipinski definition) is 5. The molecule has 0 aliphatic heterocycles. The number of primary amides is 1. The van der Waals surface area contributed by atoms with Crippen LogP contribution in [0.2, 0.25) is 0 Å². The molecule has 0 saturated heterocycles. The van der Waals surface area contributed by atoms with Crippen LogP contribution in [-0.2, 0) is 9.53 Å². The standard InChI is InChI=1S/C21H22N2O5/c1-13(2)11-19(25)23-17-9-7-14(8-10-17)18(24)12-28-21(27)16-5-3-15(4-6-16)20(22)26/h3-10,13H,11-12H2,1-2H3,(H2,22,26)(H,23,25). The highest BCUT2D eigenvalue weighted by Crippen LogP contribution is 2.12. The van der Waals surface area contributed by atoms with Gasteiger partial charge in [-0.15, -0.1) is 0 Å². The van der Waals surface area contributed by atoms with E-state index >= 15 is 0 Å². The van der Waals surface area contributed by atoms with E-state index in [9.17, 15) is 19.2 Å². The highest BCUT2D eigenvalue weighted by Gasteiger charge is 2.13. The summed E-state index contributed by atoms with van der Waals surface area (Å²) in [7, 11) is 0. The highest BCUT2D eigenvalue weighted by molar-refractivity contribution is 6.00. The van der Waals surface area contributed by atoms with E-state index in [1.54, 1.807) is 24.3 Å². The lowest BCUT2D eigenvalue weighted by atomic mass is 10.1. The second kappa shape index (κ2) is 9.45. The Morgan fingerprint density at radius 1 is 0.893 bits per heavy atom. The van der Waals surface area contributed by atoms with Gasteiger partial charge in [0.2, 0.25) is 11.8 Å². The number of nitrogens with two attached hydrogens (primary N) is 1. The lowest BCUT2D eigenvalue weighted by Gasteiger charge is -2.08. The van der Waals surface area contributed by atoms with Gasteiger partial charge in [-0.2, -0.15) is 0 Å². The number of Topliss-reactive ketones (excluding diaryl/α,β-unsaturated/α-hetero) is 1. The van der Waals surface area contributed by atoms with Crippen LogP contribution in [0.25, 0.3) is 0 Å². The van der Waals surface area contributed by atoms with Crippen molar-refractivity contribution in [3.05, 3.63) is 65.2 Å². The quantitative estimate of drug-likeness (QED) is 0.538. The average Bonchev–Trinajstić information content (AvgIpc) is 2.65. The zero-order valence-electron chi connectivity index (χ0n) is 15.7. The van der Waals surface area contributed by atoms with Crippen LogP contribution < -0.4 is 11.1 Å². The van der Waals surface area contributed by atoms with Crippen LogP contribution in [0, 0.1) is 5.92 Å². The molecule has 0 atom stereocenters. The number of benzene rings is 2. The molecule has 0 aromatic heterocycles. The van der Waals surface area contributed by atoms with Crippen molar-refractivity contribution in [3.8, 4) is 0 Å². The van der Waals surface area contributed by atoms with Crippen LogP contribution in [0.5, 0.6) is 0 Å². The molecule has 0 spiro atoms. The van der Waals surface area contributed by atoms with Gasteiger partial charge in [0.15, 0.2) is 12.4 Å². The third-order valence-corrected chi connectivity index (χ3v) is 3.82. The molecular weight excluding hydrogens is 360 g/mol. The zero-order valence-corrected chi connectivity index (χ0v) is 15.7. The molecule has 0 saturated carbocycles. The minimum atomic E-state index is -0.679. The van der Waals surface area contributed by atoms with Crippen LogP contribution in [0.1, 0.15) is 51.3 Å². The molecule has 2 aromatic rings. The fraction of sp³-hybridized carbons (Fsp3) is 0.238. The van der Waals surface area contributed by atoms with E-state index in [0.29, 0.717) is 17.7 Å². The Morgan fingerprint density at radius 3 is 1.96 bits per heavy atom. The summed E-state index contributed by atoms with van der Waals surface area (Å²) in [5, 5.41) is 2.76. The number of anilines is 1. The van der Waals surface area contributed by atoms with E-state index in [2.05, 4.69) is 5.32 Å². The van der Waals surface area contributed by atoms with Gasteiger partial charge >= 0.3 is 5.97 Å². The minimum Gasteiger partial charge on any atom is -0.454 e. The summed E-state index contributed by atoms with van der Waals surface area (Å²) in [6.45, 7) is 3.49. The van der Waals surface area contributed by atoms with Gasteiger partial charge in [-0.05, 0) is 54.4 Å². The largest absolute Gasteiger partial charge is 0.454 e. The summed E-state index contributed by atoms with van der Waals surface area (Å²) < 4.78 is 5.01. The maximum Gasteiger partial charge on any atom is 0.338 e. The summed E-state index contributed by atoms with van der Waals surface area (Å²) in [6, 6.07) is 12.0. The summed E-state index contributed by atoms with van der Waals surface area (Å²) in [5.74, 6) is -1.49. The molecule has 0 aliphatic rings. The SMILES string of the molecule is CC(C)CC(=O)Nc1ccc(C(=O)COC(=O)c2ccc(C(N)=O)cc2)cc1. The molecule has 0 aliphatic carbocycles. The van der Waals surface area contributed by atoms with Crippen molar-refractivity contribution in [1.82, 2.24) is 0 Å². The first-order valence-electron chi connectivity index (χ1n) is 8.76. The molecular formula is C21H22N2O5. The Balaban J connectivity index is 1.89. The van der Waals surface area contributed by atoms with Crippen LogP contribution in [-0.4, -0.2) is 30.2 Å². The van der Waals surface area contributed by atoms with Crippen LogP contribution in [0.4, 0.5) is 5.69 Å². The monoisotopic (exact) mass is 382 g/mol. The van der Waals surface area contributed by atoms with Crippen LogP contribution in [0.15, 0.2) is 48.5 Å². The molecule has 2 rings (SSSR count). The first kappa shape index (κ1) is 20.8. The molecule has 0 radical (unpaired) electrons. The van der Waals surface area contributed by atoms with Crippen molar-refractivity contribution in [2.75, 3.05) is 11.9 Å². The topological polar surface area (TPSA) is 116 Å². The van der Waals surface area contributed by atoms with Crippen molar-refractivity contribution in [2.45, 2.75) is 20.3 Å². The maximum atomic E-state index is 12.2. The van der Waals surface area contributed by atoms with Gasteiger partial charge in [0.1, 0.15) is 0 Å². The smallest absolute Gasteiger partial charge is 0.338 e. The Morgan fingerprint density at radius 2 is 1.43 bits per heavy atom. The molecule has 2 amide bonds. The fourth-order valence-corrected chi connectivity index (χ4v) is 2.39. The van der Waals surface area contributed by atoms with E-state index in [1.165, 1.54) is 24.3 Å². The molecule has 3 N–H and O–H groups in total. The Kier molecular flexibility index (Phi) is 7.03. The molecule has 7 nitrogen and oxygen atoms in total. The van der Waals surface area contributed by atoms with Crippen LogP contribution in [0.3, 0.4) is 0 Å². The fourth-order valence-electron chi connectivity index (χ4n) is 2.39. The lowest BCUT2D eigenvalue weighted by Crippen LogP contribution is -2.16. The lowest BCUT2D eigenvalue weighted by molar-refractivity contribution is -0.116. The Hall–Kier alpha value is -3.48. The summed E-state index contributed by atoms with van der Waals surface area (Å²) in [4.78, 5) is 46.9. The molecule has 28 heavy (non-hydrogen) atoms. The third kappa shape index (κ3) is 6.05. The third-order valence-electron chi connectivity index (χ3n) is 3.82. The molecule has 146 valence electrons. The first-order chi connectivity index (χ1) is 13.3. The Bertz CT molecular complexity index is 871. The van der Waals surface area contributed by atoms with Crippen molar-refractivity contribution >= 4 is 29.3 Å². The molecule has 0 heterocycles. The highest BCUT2D eigenvalue weighted by atomic mass is 16.5. The van der Waals surface area contributed by atoms with Gasteiger partial charge in [0.25, 0.3) is 0 Å². The zero-order chi connectivity index (χ0) is 20.7. The van der Waals surface area contributed by atoms with Gasteiger partial charge in [0.05, 0.1) is 5.56 Å². The van der Waals surface area contributed by atoms with Crippen molar-refractivity contribution in [1.29, 1.82) is 0 Å². The second-order valence-electron chi connectivity index (χ2n) is 6.66. The molecule has 7 heteroatoms. The average molecular weight is 382 g/mol. The van der Waals surface area contributed by atoms with E-state index in [-0.39, 0.29) is 28.7 Å². The first-order valence-corrected chi connectivity index (χ1v) is 8.76. The summed E-state index contributed by atoms with van der Waals surface area (Å²) in [6.07, 6.45) is 0.414. The number of amides is 2. The number of nitrogens with one attached hydrogen (secondary N) is 1. The number of ketones is 1. The van der Waals surface area contributed by atoms with Gasteiger partial charge in [-0.1, -0.05) is 13.8 Å². The molecule has 0 fully saturated rings. The number of carbonyl (C=O) groups excluding carboxylic acids is 4. The number of rotatable bonds is 8. The minimum absolute atomic E-state index is 0.0923. The van der Waals surface area contributed by atoms with Gasteiger partial charge in [-0.3, -0.25) is 14.4 Å². The summed E-state index contributed by atoms with van der Waals surface area (Å²) in [5.41, 5.74) is 6.57. The van der Waals surface area contributed by atoms with E-state index in [0.717, 1.165) is 0 Å². The predicted molar refractivity (Wildman–Crippen MR) is 104 cm³/mol. The van der Waals surface area contributed by atoms with Crippen molar-refractivity contribution in [3.63, 3.8) is 0 Å². The molecule has 0 bridgehead atoms. The number of carbonyl (C=O) groups is 4. The number of hydrogen-bond donors (Lipinski definition) is 2.